The van der Waals surface area contributed by atoms with Crippen LogP contribution in [0.1, 0.15) is 19.3 Å². The maximum Gasteiger partial charge on any atom is 0.305 e. The van der Waals surface area contributed by atoms with Gasteiger partial charge in [-0.1, -0.05) is 0 Å². The molecule has 0 aromatic carbocycles. The van der Waals surface area contributed by atoms with Crippen molar-refractivity contribution in [1.29, 1.82) is 0 Å². The number of β-amino-alcohol motifs (C(OH)–C–C–N with tert-alkyl or cyclic N) is 1. The summed E-state index contributed by atoms with van der Waals surface area (Å²) in [5.41, 5.74) is 5.40. The van der Waals surface area contributed by atoms with E-state index in [1.165, 1.54) is 0 Å². The van der Waals surface area contributed by atoms with Crippen LogP contribution in [0.3, 0.4) is 0 Å². The molecule has 0 radical (unpaired) electrons. The Bertz CT molecular complexity index is 200. The highest BCUT2D eigenvalue weighted by atomic mass is 16.4. The van der Waals surface area contributed by atoms with Gasteiger partial charge in [0.25, 0.3) is 0 Å². The molecule has 4 N–H and O–H groups in total. The fourth-order valence-corrected chi connectivity index (χ4v) is 1.84. The van der Waals surface area contributed by atoms with E-state index in [0.29, 0.717) is 19.4 Å². The molecular formula is C9H18N2O3. The fourth-order valence-electron chi connectivity index (χ4n) is 1.84. The number of hydrogen-bond donors (Lipinski definition) is 3. The summed E-state index contributed by atoms with van der Waals surface area (Å²) >= 11 is 0. The molecule has 0 unspecified atom stereocenters. The van der Waals surface area contributed by atoms with E-state index >= 15 is 0 Å². The number of aliphatic carboxylic acids is 1. The molecule has 1 fully saturated rings. The Kier molecular flexibility index (Phi) is 3.86. The quantitative estimate of drug-likeness (QED) is 0.558. The van der Waals surface area contributed by atoms with Crippen molar-refractivity contribution in [2.45, 2.75) is 24.8 Å². The van der Waals surface area contributed by atoms with Crippen LogP contribution in [0.5, 0.6) is 0 Å². The molecule has 0 saturated carbocycles. The summed E-state index contributed by atoms with van der Waals surface area (Å²) < 4.78 is 0. The number of rotatable bonds is 4. The number of carboxylic acid groups (broad SMARTS) is 1. The van der Waals surface area contributed by atoms with Gasteiger partial charge >= 0.3 is 5.97 Å². The zero-order valence-corrected chi connectivity index (χ0v) is 8.28. The second-order valence-corrected chi connectivity index (χ2v) is 4.00. The van der Waals surface area contributed by atoms with Crippen molar-refractivity contribution in [3.8, 4) is 0 Å². The number of aliphatic hydroxyl groups is 1. The largest absolute Gasteiger partial charge is 0.481 e. The summed E-state index contributed by atoms with van der Waals surface area (Å²) in [5, 5.41) is 17.4. The summed E-state index contributed by atoms with van der Waals surface area (Å²) in [6.07, 6.45) is 1.43. The highest BCUT2D eigenvalue weighted by Crippen LogP contribution is 2.22. The number of nitrogens with zero attached hydrogens (tertiary/aromatic N) is 1. The van der Waals surface area contributed by atoms with Crippen molar-refractivity contribution in [2.75, 3.05) is 26.2 Å². The lowest BCUT2D eigenvalue weighted by atomic mass is 9.85. The lowest BCUT2D eigenvalue weighted by molar-refractivity contribution is -0.138. The predicted molar refractivity (Wildman–Crippen MR) is 51.9 cm³/mol. The SMILES string of the molecule is NC1(CC(=O)O)CCN(CCO)CC1. The van der Waals surface area contributed by atoms with Crippen molar-refractivity contribution in [1.82, 2.24) is 4.90 Å². The normalized spacial score (nSPS) is 22.1. The maximum atomic E-state index is 10.5. The number of carboxylic acids is 1. The average Bonchev–Trinajstić information content (AvgIpc) is 2.08. The third-order valence-electron chi connectivity index (χ3n) is 2.77. The van der Waals surface area contributed by atoms with E-state index in [1.54, 1.807) is 0 Å². The van der Waals surface area contributed by atoms with Crippen molar-refractivity contribution in [3.63, 3.8) is 0 Å². The lowest BCUT2D eigenvalue weighted by Gasteiger charge is -2.38. The minimum Gasteiger partial charge on any atom is -0.481 e. The molecule has 5 heteroatoms. The zero-order chi connectivity index (χ0) is 10.6. The van der Waals surface area contributed by atoms with E-state index < -0.39 is 11.5 Å². The van der Waals surface area contributed by atoms with E-state index in [0.717, 1.165) is 13.1 Å². The molecule has 1 aliphatic rings. The molecule has 0 bridgehead atoms. The highest BCUT2D eigenvalue weighted by Gasteiger charge is 2.32. The average molecular weight is 202 g/mol. The Morgan fingerprint density at radius 3 is 2.43 bits per heavy atom. The number of piperidine rings is 1. The molecule has 0 aromatic rings. The molecule has 1 saturated heterocycles. The molecule has 14 heavy (non-hydrogen) atoms. The third-order valence-corrected chi connectivity index (χ3v) is 2.77. The van der Waals surface area contributed by atoms with Gasteiger partial charge in [0.05, 0.1) is 13.0 Å². The van der Waals surface area contributed by atoms with Crippen molar-refractivity contribution in [2.24, 2.45) is 5.73 Å². The molecule has 0 amide bonds. The maximum absolute atomic E-state index is 10.5. The van der Waals surface area contributed by atoms with Crippen LogP contribution in [0, 0.1) is 0 Å². The smallest absolute Gasteiger partial charge is 0.305 e. The van der Waals surface area contributed by atoms with Crippen LogP contribution in [-0.4, -0.2) is 52.9 Å². The zero-order valence-electron chi connectivity index (χ0n) is 8.28. The predicted octanol–water partition coefficient (Wildman–Crippen LogP) is -0.753. The Hall–Kier alpha value is -0.650. The highest BCUT2D eigenvalue weighted by molar-refractivity contribution is 5.68. The van der Waals surface area contributed by atoms with Crippen LogP contribution < -0.4 is 5.73 Å². The molecule has 1 rings (SSSR count). The van der Waals surface area contributed by atoms with E-state index in [1.807, 2.05) is 0 Å². The van der Waals surface area contributed by atoms with E-state index in [-0.39, 0.29) is 13.0 Å². The Morgan fingerprint density at radius 2 is 2.00 bits per heavy atom. The molecule has 0 atom stereocenters. The first kappa shape index (κ1) is 11.4. The minimum absolute atomic E-state index is 0.0416. The van der Waals surface area contributed by atoms with Gasteiger partial charge in [-0.2, -0.15) is 0 Å². The monoisotopic (exact) mass is 202 g/mol. The topological polar surface area (TPSA) is 86.8 Å². The number of likely N-dealkylation sites (tertiary alicyclic amines) is 1. The van der Waals surface area contributed by atoms with Crippen LogP contribution in [0.4, 0.5) is 0 Å². The number of carbonyl (C=O) groups is 1. The standard InChI is InChI=1S/C9H18N2O3/c10-9(7-8(13)14)1-3-11(4-2-9)5-6-12/h12H,1-7,10H2,(H,13,14). The Morgan fingerprint density at radius 1 is 1.43 bits per heavy atom. The van der Waals surface area contributed by atoms with Gasteiger partial charge < -0.3 is 20.8 Å². The van der Waals surface area contributed by atoms with Gasteiger partial charge in [0, 0.05) is 12.1 Å². The first-order chi connectivity index (χ1) is 6.56. The lowest BCUT2D eigenvalue weighted by Crippen LogP contribution is -2.51. The molecule has 0 aliphatic carbocycles. The second kappa shape index (κ2) is 4.72. The van der Waals surface area contributed by atoms with Gasteiger partial charge in [-0.3, -0.25) is 4.79 Å². The number of hydrogen-bond acceptors (Lipinski definition) is 4. The Labute approximate surface area is 83.5 Å². The molecule has 5 nitrogen and oxygen atoms in total. The Balaban J connectivity index is 2.36. The fraction of sp³-hybridized carbons (Fsp3) is 0.889. The molecule has 1 aliphatic heterocycles. The summed E-state index contributed by atoms with van der Waals surface area (Å²) in [7, 11) is 0. The second-order valence-electron chi connectivity index (χ2n) is 4.00. The first-order valence-electron chi connectivity index (χ1n) is 4.90. The van der Waals surface area contributed by atoms with Gasteiger partial charge in [0.15, 0.2) is 0 Å². The molecule has 82 valence electrons. The van der Waals surface area contributed by atoms with Gasteiger partial charge in [-0.15, -0.1) is 0 Å². The van der Waals surface area contributed by atoms with Gasteiger partial charge in [0.2, 0.25) is 0 Å². The summed E-state index contributed by atoms with van der Waals surface area (Å²) in [4.78, 5) is 12.7. The molecule has 1 heterocycles. The van der Waals surface area contributed by atoms with Crippen molar-refractivity contribution >= 4 is 5.97 Å². The molecular weight excluding hydrogens is 184 g/mol. The number of aliphatic hydroxyl groups excluding tert-OH is 1. The van der Waals surface area contributed by atoms with Crippen LogP contribution >= 0.6 is 0 Å². The molecule has 0 aromatic heterocycles. The van der Waals surface area contributed by atoms with E-state index in [2.05, 4.69) is 4.90 Å². The first-order valence-corrected chi connectivity index (χ1v) is 4.90. The van der Waals surface area contributed by atoms with Gasteiger partial charge in [-0.25, -0.2) is 0 Å². The van der Waals surface area contributed by atoms with E-state index in [4.69, 9.17) is 15.9 Å². The van der Waals surface area contributed by atoms with Crippen LogP contribution in [-0.2, 0) is 4.79 Å². The van der Waals surface area contributed by atoms with Gasteiger partial charge in [0.1, 0.15) is 0 Å². The summed E-state index contributed by atoms with van der Waals surface area (Å²) in [6, 6.07) is 0. The third kappa shape index (κ3) is 3.25. The van der Waals surface area contributed by atoms with Crippen LogP contribution in [0.25, 0.3) is 0 Å². The minimum atomic E-state index is -0.830. The summed E-state index contributed by atoms with van der Waals surface area (Å²) in [6.45, 7) is 2.37. The van der Waals surface area contributed by atoms with Crippen LogP contribution in [0.15, 0.2) is 0 Å². The summed E-state index contributed by atoms with van der Waals surface area (Å²) in [5.74, 6) is -0.830. The van der Waals surface area contributed by atoms with Crippen LogP contribution in [0.2, 0.25) is 0 Å². The van der Waals surface area contributed by atoms with Gasteiger partial charge in [-0.05, 0) is 25.9 Å². The van der Waals surface area contributed by atoms with Crippen molar-refractivity contribution < 1.29 is 15.0 Å². The van der Waals surface area contributed by atoms with E-state index in [9.17, 15) is 4.79 Å². The molecule has 0 spiro atoms. The number of nitrogens with two attached hydrogens (primary N) is 1. The van der Waals surface area contributed by atoms with Crippen molar-refractivity contribution in [3.05, 3.63) is 0 Å².